The number of amides is 1. The van der Waals surface area contributed by atoms with E-state index >= 15 is 0 Å². The quantitative estimate of drug-likeness (QED) is 0.472. The summed E-state index contributed by atoms with van der Waals surface area (Å²) in [5.41, 5.74) is -0.559. The van der Waals surface area contributed by atoms with Crippen molar-refractivity contribution in [1.82, 2.24) is 9.47 Å². The number of rotatable bonds is 8. The number of halogens is 2. The molecule has 1 aliphatic carbocycles. The third-order valence-electron chi connectivity index (χ3n) is 7.29. The highest BCUT2D eigenvalue weighted by molar-refractivity contribution is 6.00. The lowest BCUT2D eigenvalue weighted by Crippen LogP contribution is -2.48. The average molecular weight is 509 g/mol. The van der Waals surface area contributed by atoms with Crippen LogP contribution in [0.2, 0.25) is 0 Å². The van der Waals surface area contributed by atoms with Gasteiger partial charge in [0, 0.05) is 44.8 Å². The van der Waals surface area contributed by atoms with Crippen LogP contribution in [0.4, 0.5) is 8.78 Å². The fourth-order valence-electron chi connectivity index (χ4n) is 5.14. The predicted octanol–water partition coefficient (Wildman–Crippen LogP) is 3.31. The molecule has 1 N–H and O–H groups in total. The van der Waals surface area contributed by atoms with Crippen molar-refractivity contribution in [3.05, 3.63) is 99.0 Å². The van der Waals surface area contributed by atoms with Crippen molar-refractivity contribution in [3.63, 3.8) is 0 Å². The van der Waals surface area contributed by atoms with E-state index in [4.69, 9.17) is 4.74 Å². The zero-order valence-electron chi connectivity index (χ0n) is 20.2. The molecule has 1 amide bonds. The van der Waals surface area contributed by atoms with Gasteiger partial charge in [-0.2, -0.15) is 0 Å². The van der Waals surface area contributed by atoms with E-state index in [0.29, 0.717) is 13.0 Å². The van der Waals surface area contributed by atoms with Crippen LogP contribution in [0.15, 0.2) is 59.5 Å². The van der Waals surface area contributed by atoms with Crippen LogP contribution in [-0.2, 0) is 18.6 Å². The van der Waals surface area contributed by atoms with E-state index in [2.05, 4.69) is 0 Å². The van der Waals surface area contributed by atoms with Crippen LogP contribution in [0.25, 0.3) is 0 Å². The van der Waals surface area contributed by atoms with Crippen LogP contribution < -0.4 is 10.2 Å². The number of fused-ring (bicyclic) bond motifs is 2. The molecular weight excluding hydrogens is 482 g/mol. The molecule has 9 heteroatoms. The van der Waals surface area contributed by atoms with Gasteiger partial charge in [0.05, 0.1) is 11.1 Å². The van der Waals surface area contributed by atoms with Crippen LogP contribution >= 0.6 is 0 Å². The Labute approximate surface area is 211 Å². The largest absolute Gasteiger partial charge is 0.483 e. The number of nitrogens with zero attached hydrogens (tertiary/aromatic N) is 2. The number of aliphatic hydroxyl groups is 1. The van der Waals surface area contributed by atoms with E-state index < -0.39 is 34.3 Å². The van der Waals surface area contributed by atoms with Gasteiger partial charge >= 0.3 is 0 Å². The molecule has 192 valence electrons. The lowest BCUT2D eigenvalue weighted by molar-refractivity contribution is 0.0668. The number of carbonyl (C=O) groups excluding carboxylic acids is 2. The zero-order valence-corrected chi connectivity index (χ0v) is 20.2. The number of aliphatic hydroxyl groups excluding tert-OH is 1. The molecule has 3 aromatic rings. The topological polar surface area (TPSA) is 88.8 Å². The maximum Gasteiger partial charge on any atom is 0.274 e. The molecule has 1 aromatic heterocycles. The molecule has 0 bridgehead atoms. The van der Waals surface area contributed by atoms with E-state index in [1.54, 1.807) is 11.6 Å². The summed E-state index contributed by atoms with van der Waals surface area (Å²) in [6, 6.07) is 12.2. The minimum atomic E-state index is -0.766. The van der Waals surface area contributed by atoms with Crippen molar-refractivity contribution < 1.29 is 28.2 Å². The standard InChI is InChI=1S/C28H26F2N2O5/c1-31-16-28(12-19(28)14-33)32-13-21(23(34)10-8-18-7-9-20(29)11-22(18)30)25(35)26(24(32)27(31)36)37-15-17-5-3-2-4-6-17/h2-7,9,11,13,19,33H,8,10,12,14-16H2,1H3/t19-,28-/m0/s1. The van der Waals surface area contributed by atoms with Crippen molar-refractivity contribution >= 4 is 11.7 Å². The SMILES string of the molecule is CN1C[C@]2(C[C@H]2CO)n2cc(C(=O)CCc3ccc(F)cc3F)c(=O)c(OCc3ccccc3)c2C1=O. The van der Waals surface area contributed by atoms with Gasteiger partial charge in [-0.25, -0.2) is 8.78 Å². The molecule has 2 aromatic carbocycles. The van der Waals surface area contributed by atoms with E-state index in [-0.39, 0.29) is 54.5 Å². The van der Waals surface area contributed by atoms with Gasteiger partial charge < -0.3 is 19.3 Å². The molecule has 2 heterocycles. The second-order valence-electron chi connectivity index (χ2n) is 9.70. The minimum absolute atomic E-state index is 0.00887. The Kier molecular flexibility index (Phi) is 6.41. The molecular formula is C28H26F2N2O5. The molecule has 1 fully saturated rings. The molecule has 37 heavy (non-hydrogen) atoms. The van der Waals surface area contributed by atoms with Crippen molar-refractivity contribution in [3.8, 4) is 5.75 Å². The zero-order chi connectivity index (χ0) is 26.3. The molecule has 5 rings (SSSR count). The summed E-state index contributed by atoms with van der Waals surface area (Å²) >= 11 is 0. The van der Waals surface area contributed by atoms with Gasteiger partial charge in [0.1, 0.15) is 18.2 Å². The predicted molar refractivity (Wildman–Crippen MR) is 131 cm³/mol. The van der Waals surface area contributed by atoms with E-state index in [1.807, 2.05) is 30.3 Å². The highest BCUT2D eigenvalue weighted by Gasteiger charge is 2.60. The minimum Gasteiger partial charge on any atom is -0.483 e. The van der Waals surface area contributed by atoms with Crippen LogP contribution in [0.3, 0.4) is 0 Å². The summed E-state index contributed by atoms with van der Waals surface area (Å²) in [7, 11) is 1.63. The number of ketones is 1. The van der Waals surface area contributed by atoms with Gasteiger partial charge in [0.2, 0.25) is 5.43 Å². The number of likely N-dealkylation sites (N-methyl/N-ethyl adjacent to an activating group) is 1. The van der Waals surface area contributed by atoms with E-state index in [0.717, 1.165) is 17.7 Å². The van der Waals surface area contributed by atoms with E-state index in [9.17, 15) is 28.3 Å². The fourth-order valence-corrected chi connectivity index (χ4v) is 5.14. The number of benzene rings is 2. The third-order valence-corrected chi connectivity index (χ3v) is 7.29. The van der Waals surface area contributed by atoms with Crippen molar-refractivity contribution in [2.45, 2.75) is 31.4 Å². The molecule has 1 aliphatic heterocycles. The molecule has 7 nitrogen and oxygen atoms in total. The van der Waals surface area contributed by atoms with Gasteiger partial charge in [0.15, 0.2) is 17.2 Å². The number of hydrogen-bond acceptors (Lipinski definition) is 5. The first-order valence-corrected chi connectivity index (χ1v) is 12.1. The second-order valence-corrected chi connectivity index (χ2v) is 9.70. The van der Waals surface area contributed by atoms with E-state index in [1.165, 1.54) is 17.2 Å². The lowest BCUT2D eigenvalue weighted by Gasteiger charge is -2.36. The first kappa shape index (κ1) is 24.8. The summed E-state index contributed by atoms with van der Waals surface area (Å²) in [6.07, 6.45) is 1.73. The molecule has 2 atom stereocenters. The lowest BCUT2D eigenvalue weighted by atomic mass is 10.00. The molecule has 1 saturated carbocycles. The molecule has 1 spiro atoms. The van der Waals surface area contributed by atoms with Gasteiger partial charge in [-0.3, -0.25) is 14.4 Å². The number of ether oxygens (including phenoxy) is 1. The molecule has 0 unspecified atom stereocenters. The van der Waals surface area contributed by atoms with Crippen molar-refractivity contribution in [2.24, 2.45) is 5.92 Å². The number of Topliss-reactive ketones (excluding diaryl/α,β-unsaturated/α-hetero) is 1. The summed E-state index contributed by atoms with van der Waals surface area (Å²) < 4.78 is 34.9. The highest BCUT2D eigenvalue weighted by atomic mass is 19.1. The summed E-state index contributed by atoms with van der Waals surface area (Å²) in [4.78, 5) is 41.5. The number of hydrogen-bond donors (Lipinski definition) is 1. The Bertz CT molecular complexity index is 1440. The van der Waals surface area contributed by atoms with Crippen molar-refractivity contribution in [2.75, 3.05) is 20.2 Å². The average Bonchev–Trinajstić information content (AvgIpc) is 3.59. The smallest absolute Gasteiger partial charge is 0.274 e. The summed E-state index contributed by atoms with van der Waals surface area (Å²) in [5.74, 6) is -2.82. The third kappa shape index (κ3) is 4.44. The second kappa shape index (κ2) is 9.55. The number of aryl methyl sites for hydroxylation is 1. The molecule has 2 aliphatic rings. The van der Waals surface area contributed by atoms with Crippen LogP contribution in [0.1, 0.15) is 44.8 Å². The fraction of sp³-hybridized carbons (Fsp3) is 0.321. The Morgan fingerprint density at radius 1 is 1.16 bits per heavy atom. The Morgan fingerprint density at radius 3 is 2.59 bits per heavy atom. The number of aromatic nitrogens is 1. The Morgan fingerprint density at radius 2 is 1.92 bits per heavy atom. The normalized spacial score (nSPS) is 20.2. The van der Waals surface area contributed by atoms with Gasteiger partial charge in [0.25, 0.3) is 5.91 Å². The molecule has 0 saturated heterocycles. The van der Waals surface area contributed by atoms with Crippen molar-refractivity contribution in [1.29, 1.82) is 0 Å². The van der Waals surface area contributed by atoms with Gasteiger partial charge in [-0.15, -0.1) is 0 Å². The number of carbonyl (C=O) groups is 2. The summed E-state index contributed by atoms with van der Waals surface area (Å²) in [5, 5.41) is 9.87. The maximum atomic E-state index is 14.1. The first-order valence-electron chi connectivity index (χ1n) is 12.1. The van der Waals surface area contributed by atoms with Crippen LogP contribution in [0, 0.1) is 17.6 Å². The first-order chi connectivity index (χ1) is 17.7. The summed E-state index contributed by atoms with van der Waals surface area (Å²) in [6.45, 7) is 0.218. The van der Waals surface area contributed by atoms with Gasteiger partial charge in [-0.05, 0) is 30.0 Å². The Balaban J connectivity index is 1.55. The highest BCUT2D eigenvalue weighted by Crippen LogP contribution is 2.53. The van der Waals surface area contributed by atoms with Gasteiger partial charge in [-0.1, -0.05) is 36.4 Å². The van der Waals surface area contributed by atoms with Crippen LogP contribution in [-0.4, -0.2) is 46.5 Å². The molecule has 0 radical (unpaired) electrons. The Hall–Kier alpha value is -3.85. The monoisotopic (exact) mass is 508 g/mol. The van der Waals surface area contributed by atoms with Crippen LogP contribution in [0.5, 0.6) is 5.75 Å². The maximum absolute atomic E-state index is 14.1. The number of pyridine rings is 1.